The predicted octanol–water partition coefficient (Wildman–Crippen LogP) is 3.52. The van der Waals surface area contributed by atoms with E-state index in [1.165, 1.54) is 12.1 Å². The predicted molar refractivity (Wildman–Crippen MR) is 111 cm³/mol. The molecule has 1 aliphatic rings. The molecular formula is C22H27NO5S. The summed E-state index contributed by atoms with van der Waals surface area (Å²) in [6.45, 7) is 9.33. The average Bonchev–Trinajstić information content (AvgIpc) is 2.66. The van der Waals surface area contributed by atoms with E-state index in [1.54, 1.807) is 26.2 Å². The molecule has 6 nitrogen and oxygen atoms in total. The number of aryl methyl sites for hydroxylation is 1. The minimum atomic E-state index is -3.98. The van der Waals surface area contributed by atoms with Gasteiger partial charge in [-0.15, -0.1) is 0 Å². The van der Waals surface area contributed by atoms with Crippen LogP contribution in [0, 0.1) is 27.7 Å². The summed E-state index contributed by atoms with van der Waals surface area (Å²) in [6.07, 6.45) is 0.953. The third-order valence-electron chi connectivity index (χ3n) is 5.73. The van der Waals surface area contributed by atoms with E-state index in [-0.39, 0.29) is 4.90 Å². The number of sulfonamides is 1. The number of benzene rings is 2. The number of ether oxygens (including phenoxy) is 2. The van der Waals surface area contributed by atoms with E-state index >= 15 is 0 Å². The Morgan fingerprint density at radius 1 is 1.07 bits per heavy atom. The Morgan fingerprint density at radius 3 is 2.28 bits per heavy atom. The molecule has 156 valence electrons. The number of fused-ring (bicyclic) bond motifs is 1. The molecule has 0 saturated carbocycles. The van der Waals surface area contributed by atoms with Crippen LogP contribution in [0.15, 0.2) is 29.2 Å². The van der Waals surface area contributed by atoms with Gasteiger partial charge in [0.05, 0.1) is 12.0 Å². The molecule has 0 spiro atoms. The maximum Gasteiger partial charge on any atom is 0.277 e. The highest BCUT2D eigenvalue weighted by atomic mass is 32.2. The van der Waals surface area contributed by atoms with Gasteiger partial charge in [0.25, 0.3) is 15.9 Å². The molecule has 0 radical (unpaired) electrons. The van der Waals surface area contributed by atoms with Crippen molar-refractivity contribution < 1.29 is 22.7 Å². The van der Waals surface area contributed by atoms with Crippen molar-refractivity contribution in [3.63, 3.8) is 0 Å². The molecule has 1 aliphatic heterocycles. The standard InChI is InChI=1S/C22H27NO5S/c1-13-7-9-17(10-8-13)29(25,26)23-21(24)22(5)12-11-18-16(4)19(27-6)14(2)15(3)20(18)28-22/h7-10H,11-12H2,1-6H3,(H,23,24). The first-order valence-corrected chi connectivity index (χ1v) is 11.0. The summed E-state index contributed by atoms with van der Waals surface area (Å²) in [5.74, 6) is 0.784. The largest absolute Gasteiger partial charge is 0.496 e. The van der Waals surface area contributed by atoms with Crippen molar-refractivity contribution in [2.24, 2.45) is 0 Å². The van der Waals surface area contributed by atoms with Crippen LogP contribution in [0.2, 0.25) is 0 Å². The Labute approximate surface area is 172 Å². The van der Waals surface area contributed by atoms with Gasteiger partial charge in [-0.25, -0.2) is 13.1 Å². The molecule has 1 unspecified atom stereocenters. The number of carbonyl (C=O) groups excluding carboxylic acids is 1. The molecule has 1 atom stereocenters. The minimum absolute atomic E-state index is 0.0452. The average molecular weight is 418 g/mol. The van der Waals surface area contributed by atoms with Crippen molar-refractivity contribution in [3.8, 4) is 11.5 Å². The normalized spacial score (nSPS) is 18.6. The summed E-state index contributed by atoms with van der Waals surface area (Å²) in [6, 6.07) is 6.34. The maximum atomic E-state index is 12.9. The van der Waals surface area contributed by atoms with Crippen molar-refractivity contribution >= 4 is 15.9 Å². The summed E-state index contributed by atoms with van der Waals surface area (Å²) >= 11 is 0. The Morgan fingerprint density at radius 2 is 1.69 bits per heavy atom. The first-order valence-electron chi connectivity index (χ1n) is 9.49. The topological polar surface area (TPSA) is 81.7 Å². The lowest BCUT2D eigenvalue weighted by atomic mass is 9.87. The van der Waals surface area contributed by atoms with E-state index in [2.05, 4.69) is 4.72 Å². The van der Waals surface area contributed by atoms with Gasteiger partial charge in [-0.1, -0.05) is 17.7 Å². The fourth-order valence-corrected chi connectivity index (χ4v) is 4.78. The second-order valence-electron chi connectivity index (χ2n) is 7.80. The number of amides is 1. The molecule has 0 aromatic heterocycles. The zero-order chi connectivity index (χ0) is 21.6. The number of rotatable bonds is 4. The molecule has 0 aliphatic carbocycles. The summed E-state index contributed by atoms with van der Waals surface area (Å²) < 4.78 is 39.1. The summed E-state index contributed by atoms with van der Waals surface area (Å²) in [5, 5.41) is 0. The number of methoxy groups -OCH3 is 1. The maximum absolute atomic E-state index is 12.9. The van der Waals surface area contributed by atoms with Gasteiger partial charge in [0.15, 0.2) is 5.60 Å². The highest BCUT2D eigenvalue weighted by Gasteiger charge is 2.42. The van der Waals surface area contributed by atoms with E-state index in [4.69, 9.17) is 9.47 Å². The number of carbonyl (C=O) groups is 1. The van der Waals surface area contributed by atoms with Gasteiger partial charge in [0, 0.05) is 12.0 Å². The van der Waals surface area contributed by atoms with Crippen molar-refractivity contribution in [2.45, 2.75) is 58.0 Å². The number of hydrogen-bond donors (Lipinski definition) is 1. The lowest BCUT2D eigenvalue weighted by Crippen LogP contribution is -2.52. The van der Waals surface area contributed by atoms with Crippen molar-refractivity contribution in [3.05, 3.63) is 52.1 Å². The Bertz CT molecular complexity index is 1070. The molecule has 0 bridgehead atoms. The van der Waals surface area contributed by atoms with E-state index in [0.717, 1.165) is 33.6 Å². The van der Waals surface area contributed by atoms with Crippen molar-refractivity contribution in [1.82, 2.24) is 4.72 Å². The summed E-state index contributed by atoms with van der Waals surface area (Å²) in [5.41, 5.74) is 3.47. The first kappa shape index (κ1) is 21.2. The third kappa shape index (κ3) is 3.71. The van der Waals surface area contributed by atoms with Gasteiger partial charge in [-0.2, -0.15) is 0 Å². The molecule has 0 saturated heterocycles. The van der Waals surface area contributed by atoms with E-state index < -0.39 is 21.5 Å². The van der Waals surface area contributed by atoms with Crippen LogP contribution in [0.5, 0.6) is 11.5 Å². The van der Waals surface area contributed by atoms with Crippen LogP contribution in [0.4, 0.5) is 0 Å². The van der Waals surface area contributed by atoms with Crippen molar-refractivity contribution in [2.75, 3.05) is 7.11 Å². The van der Waals surface area contributed by atoms with Crippen LogP contribution in [-0.2, 0) is 21.2 Å². The van der Waals surface area contributed by atoms with Gasteiger partial charge >= 0.3 is 0 Å². The molecule has 1 heterocycles. The second kappa shape index (κ2) is 7.37. The summed E-state index contributed by atoms with van der Waals surface area (Å²) in [7, 11) is -2.34. The van der Waals surface area contributed by atoms with E-state index in [9.17, 15) is 13.2 Å². The van der Waals surface area contributed by atoms with Crippen LogP contribution >= 0.6 is 0 Å². The Balaban J connectivity index is 1.91. The molecule has 29 heavy (non-hydrogen) atoms. The highest BCUT2D eigenvalue weighted by molar-refractivity contribution is 7.90. The molecule has 2 aromatic rings. The Hall–Kier alpha value is -2.54. The van der Waals surface area contributed by atoms with Crippen LogP contribution in [0.1, 0.15) is 41.2 Å². The van der Waals surface area contributed by atoms with Crippen LogP contribution in [0.25, 0.3) is 0 Å². The van der Waals surface area contributed by atoms with E-state index in [0.29, 0.717) is 18.6 Å². The molecule has 2 aromatic carbocycles. The Kier molecular flexibility index (Phi) is 5.38. The van der Waals surface area contributed by atoms with Crippen molar-refractivity contribution in [1.29, 1.82) is 0 Å². The SMILES string of the molecule is COc1c(C)c(C)c2c(c1C)CCC(C)(C(=O)NS(=O)(=O)c1ccc(C)cc1)O2. The molecule has 7 heteroatoms. The highest BCUT2D eigenvalue weighted by Crippen LogP contribution is 2.43. The molecule has 1 amide bonds. The lowest BCUT2D eigenvalue weighted by Gasteiger charge is -2.36. The smallest absolute Gasteiger partial charge is 0.277 e. The molecule has 1 N–H and O–H groups in total. The zero-order valence-corrected chi connectivity index (χ0v) is 18.5. The second-order valence-corrected chi connectivity index (χ2v) is 9.48. The van der Waals surface area contributed by atoms with Gasteiger partial charge in [-0.3, -0.25) is 4.79 Å². The lowest BCUT2D eigenvalue weighted by molar-refractivity contribution is -0.134. The van der Waals surface area contributed by atoms with Gasteiger partial charge < -0.3 is 9.47 Å². The quantitative estimate of drug-likeness (QED) is 0.823. The fraction of sp³-hybridized carbons (Fsp3) is 0.409. The minimum Gasteiger partial charge on any atom is -0.496 e. The molecule has 3 rings (SSSR count). The van der Waals surface area contributed by atoms with Crippen LogP contribution in [-0.4, -0.2) is 27.0 Å². The van der Waals surface area contributed by atoms with Gasteiger partial charge in [0.1, 0.15) is 11.5 Å². The van der Waals surface area contributed by atoms with Gasteiger partial charge in [0.2, 0.25) is 0 Å². The monoisotopic (exact) mass is 417 g/mol. The van der Waals surface area contributed by atoms with Gasteiger partial charge in [-0.05, 0) is 69.9 Å². The number of nitrogens with one attached hydrogen (secondary N) is 1. The zero-order valence-electron chi connectivity index (χ0n) is 17.7. The third-order valence-corrected chi connectivity index (χ3v) is 7.08. The summed E-state index contributed by atoms with van der Waals surface area (Å²) in [4.78, 5) is 13.0. The molecular weight excluding hydrogens is 390 g/mol. The number of hydrogen-bond acceptors (Lipinski definition) is 5. The van der Waals surface area contributed by atoms with Crippen LogP contribution in [0.3, 0.4) is 0 Å². The first-order chi connectivity index (χ1) is 13.5. The van der Waals surface area contributed by atoms with E-state index in [1.807, 2.05) is 27.7 Å². The fourth-order valence-electron chi connectivity index (χ4n) is 3.71. The molecule has 0 fully saturated rings. The van der Waals surface area contributed by atoms with Crippen LogP contribution < -0.4 is 14.2 Å².